The number of nitrogen functional groups attached to an aromatic ring is 1. The number of hydrogen-bond acceptors (Lipinski definition) is 3. The average Bonchev–Trinajstić information content (AvgIpc) is 2.79. The quantitative estimate of drug-likeness (QED) is 0.659. The van der Waals surface area contributed by atoms with Crippen molar-refractivity contribution in [1.82, 2.24) is 9.80 Å². The summed E-state index contributed by atoms with van der Waals surface area (Å²) in [5.74, 6) is -0.537. The van der Waals surface area contributed by atoms with E-state index in [2.05, 4.69) is 9.80 Å². The van der Waals surface area contributed by atoms with E-state index in [1.54, 1.807) is 18.2 Å². The van der Waals surface area contributed by atoms with Crippen molar-refractivity contribution in [2.45, 2.75) is 31.8 Å². The Hall–Kier alpha value is -1.46. The molecule has 0 bridgehead atoms. The van der Waals surface area contributed by atoms with Gasteiger partial charge in [0.15, 0.2) is 0 Å². The van der Waals surface area contributed by atoms with Gasteiger partial charge in [0.2, 0.25) is 0 Å². The molecule has 2 heterocycles. The average molecular weight is 290 g/mol. The van der Waals surface area contributed by atoms with Crippen LogP contribution in [0.1, 0.15) is 30.4 Å². The first-order valence-corrected chi connectivity index (χ1v) is 7.73. The summed E-state index contributed by atoms with van der Waals surface area (Å²) in [6, 6.07) is 5.79. The van der Waals surface area contributed by atoms with E-state index in [0.717, 1.165) is 26.1 Å². The molecule has 2 aliphatic heterocycles. The van der Waals surface area contributed by atoms with Gasteiger partial charge in [0.25, 0.3) is 0 Å². The molecule has 2 fully saturated rings. The predicted molar refractivity (Wildman–Crippen MR) is 81.9 cm³/mol. The van der Waals surface area contributed by atoms with Gasteiger partial charge in [0.1, 0.15) is 11.7 Å². The van der Waals surface area contributed by atoms with E-state index in [-0.39, 0.29) is 17.2 Å². The van der Waals surface area contributed by atoms with Crippen molar-refractivity contribution in [1.29, 1.82) is 5.41 Å². The van der Waals surface area contributed by atoms with Crippen molar-refractivity contribution < 1.29 is 4.39 Å². The first-order valence-electron chi connectivity index (χ1n) is 7.73. The Bertz CT molecular complexity index is 531. The highest BCUT2D eigenvalue weighted by Gasteiger charge is 2.28. The Kier molecular flexibility index (Phi) is 4.22. The minimum atomic E-state index is -0.336. The molecule has 1 atom stereocenters. The zero-order valence-corrected chi connectivity index (χ0v) is 12.3. The van der Waals surface area contributed by atoms with Crippen molar-refractivity contribution in [2.75, 3.05) is 26.2 Å². The number of hydrogen-bond donors (Lipinski definition) is 2. The molecule has 0 aliphatic carbocycles. The monoisotopic (exact) mass is 290 g/mol. The van der Waals surface area contributed by atoms with Crippen LogP contribution in [0.2, 0.25) is 0 Å². The third-order valence-electron chi connectivity index (χ3n) is 4.65. The lowest BCUT2D eigenvalue weighted by Gasteiger charge is -2.25. The standard InChI is InChI=1S/C16H23FN4/c17-15-12(4-1-6-14(15)16(18)19)10-20-7-3-9-21-8-2-5-13(21)11-20/h1,4,6,13H,2-3,5,7-11H2,(H3,18,19). The summed E-state index contributed by atoms with van der Waals surface area (Å²) in [6.45, 7) is 5.02. The highest BCUT2D eigenvalue weighted by Crippen LogP contribution is 2.23. The van der Waals surface area contributed by atoms with Crippen molar-refractivity contribution in [3.8, 4) is 0 Å². The molecule has 2 aliphatic rings. The first-order chi connectivity index (χ1) is 10.1. The minimum Gasteiger partial charge on any atom is -0.384 e. The number of halogens is 1. The van der Waals surface area contributed by atoms with Crippen LogP contribution < -0.4 is 5.73 Å². The van der Waals surface area contributed by atoms with Crippen LogP contribution in [0.3, 0.4) is 0 Å². The smallest absolute Gasteiger partial charge is 0.138 e. The van der Waals surface area contributed by atoms with Gasteiger partial charge in [-0.3, -0.25) is 15.2 Å². The summed E-state index contributed by atoms with van der Waals surface area (Å²) in [5.41, 5.74) is 6.29. The summed E-state index contributed by atoms with van der Waals surface area (Å²) in [5, 5.41) is 7.44. The van der Waals surface area contributed by atoms with Crippen LogP contribution in [-0.2, 0) is 6.54 Å². The van der Waals surface area contributed by atoms with Gasteiger partial charge in [-0.05, 0) is 45.0 Å². The summed E-state index contributed by atoms with van der Waals surface area (Å²) in [4.78, 5) is 4.92. The molecule has 1 aromatic carbocycles. The number of nitrogens with two attached hydrogens (primary N) is 1. The van der Waals surface area contributed by atoms with Crippen molar-refractivity contribution in [3.63, 3.8) is 0 Å². The lowest BCUT2D eigenvalue weighted by atomic mass is 10.1. The third kappa shape index (κ3) is 3.09. The Labute approximate surface area is 125 Å². The maximum Gasteiger partial charge on any atom is 0.138 e. The van der Waals surface area contributed by atoms with E-state index in [1.165, 1.54) is 19.4 Å². The maximum atomic E-state index is 14.4. The van der Waals surface area contributed by atoms with Crippen LogP contribution >= 0.6 is 0 Å². The van der Waals surface area contributed by atoms with Gasteiger partial charge in [-0.25, -0.2) is 4.39 Å². The molecule has 1 unspecified atom stereocenters. The molecule has 1 aromatic rings. The lowest BCUT2D eigenvalue weighted by Crippen LogP contribution is -2.36. The summed E-state index contributed by atoms with van der Waals surface area (Å²) < 4.78 is 14.4. The van der Waals surface area contributed by atoms with Crippen LogP contribution in [0.5, 0.6) is 0 Å². The molecular formula is C16H23FN4. The third-order valence-corrected chi connectivity index (χ3v) is 4.65. The van der Waals surface area contributed by atoms with E-state index in [4.69, 9.17) is 11.1 Å². The van der Waals surface area contributed by atoms with E-state index >= 15 is 0 Å². The molecule has 0 radical (unpaired) electrons. The molecule has 0 aromatic heterocycles. The topological polar surface area (TPSA) is 56.4 Å². The van der Waals surface area contributed by atoms with Gasteiger partial charge in [-0.15, -0.1) is 0 Å². The Morgan fingerprint density at radius 2 is 2.10 bits per heavy atom. The molecule has 4 nitrogen and oxygen atoms in total. The van der Waals surface area contributed by atoms with Gasteiger partial charge in [-0.2, -0.15) is 0 Å². The van der Waals surface area contributed by atoms with E-state index in [9.17, 15) is 4.39 Å². The molecule has 3 rings (SSSR count). The zero-order chi connectivity index (χ0) is 14.8. The van der Waals surface area contributed by atoms with Crippen molar-refractivity contribution >= 4 is 5.84 Å². The van der Waals surface area contributed by atoms with Gasteiger partial charge >= 0.3 is 0 Å². The van der Waals surface area contributed by atoms with Crippen LogP contribution in [0.25, 0.3) is 0 Å². The minimum absolute atomic E-state index is 0.202. The van der Waals surface area contributed by atoms with Crippen LogP contribution in [0.4, 0.5) is 4.39 Å². The molecule has 5 heteroatoms. The largest absolute Gasteiger partial charge is 0.384 e. The molecular weight excluding hydrogens is 267 g/mol. The zero-order valence-electron chi connectivity index (χ0n) is 12.3. The highest BCUT2D eigenvalue weighted by molar-refractivity contribution is 5.95. The van der Waals surface area contributed by atoms with Gasteiger partial charge in [-0.1, -0.05) is 12.1 Å². The van der Waals surface area contributed by atoms with Crippen molar-refractivity contribution in [2.24, 2.45) is 5.73 Å². The molecule has 114 valence electrons. The number of amidine groups is 1. The van der Waals surface area contributed by atoms with E-state index in [0.29, 0.717) is 18.2 Å². The molecule has 2 saturated heterocycles. The second-order valence-electron chi connectivity index (χ2n) is 6.11. The Morgan fingerprint density at radius 3 is 2.90 bits per heavy atom. The first kappa shape index (κ1) is 14.5. The number of fused-ring (bicyclic) bond motifs is 1. The Morgan fingerprint density at radius 1 is 1.29 bits per heavy atom. The number of benzene rings is 1. The van der Waals surface area contributed by atoms with Gasteiger partial charge in [0.05, 0.1) is 5.56 Å². The SMILES string of the molecule is N=C(N)c1cccc(CN2CCCN3CCCC3C2)c1F. The Balaban J connectivity index is 1.74. The fourth-order valence-electron chi connectivity index (χ4n) is 3.58. The summed E-state index contributed by atoms with van der Waals surface area (Å²) >= 11 is 0. The maximum absolute atomic E-state index is 14.4. The summed E-state index contributed by atoms with van der Waals surface area (Å²) in [7, 11) is 0. The predicted octanol–water partition coefficient (Wildman–Crippen LogP) is 1.78. The van der Waals surface area contributed by atoms with Gasteiger partial charge < -0.3 is 5.73 Å². The molecule has 21 heavy (non-hydrogen) atoms. The van der Waals surface area contributed by atoms with E-state index < -0.39 is 0 Å². The second-order valence-corrected chi connectivity index (χ2v) is 6.11. The fourth-order valence-corrected chi connectivity index (χ4v) is 3.58. The van der Waals surface area contributed by atoms with Crippen LogP contribution in [0.15, 0.2) is 18.2 Å². The highest BCUT2D eigenvalue weighted by atomic mass is 19.1. The number of nitrogens with one attached hydrogen (secondary N) is 1. The lowest BCUT2D eigenvalue weighted by molar-refractivity contribution is 0.214. The second kappa shape index (κ2) is 6.12. The van der Waals surface area contributed by atoms with E-state index in [1.807, 2.05) is 0 Å². The number of rotatable bonds is 3. The molecule has 0 saturated carbocycles. The normalized spacial score (nSPS) is 23.8. The number of nitrogens with zero attached hydrogens (tertiary/aromatic N) is 2. The van der Waals surface area contributed by atoms with Crippen LogP contribution in [-0.4, -0.2) is 47.9 Å². The molecule has 3 N–H and O–H groups in total. The van der Waals surface area contributed by atoms with Crippen LogP contribution in [0, 0.1) is 11.2 Å². The fraction of sp³-hybridized carbons (Fsp3) is 0.562. The van der Waals surface area contributed by atoms with Crippen molar-refractivity contribution in [3.05, 3.63) is 35.1 Å². The summed E-state index contributed by atoms with van der Waals surface area (Å²) in [6.07, 6.45) is 3.68. The molecule has 0 spiro atoms. The molecule has 0 amide bonds. The van der Waals surface area contributed by atoms with Gasteiger partial charge in [0, 0.05) is 24.7 Å².